The molecule has 1 aliphatic carbocycles. The van der Waals surface area contributed by atoms with Crippen molar-refractivity contribution in [2.75, 3.05) is 0 Å². The van der Waals surface area contributed by atoms with Gasteiger partial charge >= 0.3 is 0 Å². The highest BCUT2D eigenvalue weighted by Gasteiger charge is 2.51. The summed E-state index contributed by atoms with van der Waals surface area (Å²) in [5.41, 5.74) is 3.28. The van der Waals surface area contributed by atoms with Gasteiger partial charge in [-0.1, -0.05) is 36.4 Å². The quantitative estimate of drug-likeness (QED) is 0.363. The van der Waals surface area contributed by atoms with E-state index < -0.39 is 31.5 Å². The Kier molecular flexibility index (Phi) is 3.57. The monoisotopic (exact) mass is 486 g/mol. The van der Waals surface area contributed by atoms with Crippen LogP contribution in [0.3, 0.4) is 0 Å². The smallest absolute Gasteiger partial charge is 0.207 e. The lowest BCUT2D eigenvalue weighted by atomic mass is 9.68. The van der Waals surface area contributed by atoms with Crippen LogP contribution in [0.2, 0.25) is 0 Å². The molecule has 2 heterocycles. The van der Waals surface area contributed by atoms with Gasteiger partial charge in [0.2, 0.25) is 19.7 Å². The molecule has 2 atom stereocenters. The van der Waals surface area contributed by atoms with Crippen LogP contribution in [-0.2, 0) is 24.5 Å². The maximum Gasteiger partial charge on any atom is 0.207 e. The molecule has 0 saturated heterocycles. The van der Waals surface area contributed by atoms with Crippen molar-refractivity contribution in [1.82, 2.24) is 0 Å². The Balaban J connectivity index is 1.80. The number of sulfone groups is 2. The maximum absolute atomic E-state index is 14.3. The Bertz CT molecular complexity index is 1750. The fourth-order valence-corrected chi connectivity index (χ4v) is 9.97. The van der Waals surface area contributed by atoms with E-state index in [1.54, 1.807) is 60.7 Å². The van der Waals surface area contributed by atoms with Gasteiger partial charge in [0.05, 0.1) is 31.4 Å². The first-order valence-electron chi connectivity index (χ1n) is 11.0. The number of fused-ring (bicyclic) bond motifs is 4. The van der Waals surface area contributed by atoms with E-state index in [1.165, 1.54) is 0 Å². The average molecular weight is 487 g/mol. The van der Waals surface area contributed by atoms with Gasteiger partial charge in [0.1, 0.15) is 0 Å². The average Bonchev–Trinajstić information content (AvgIpc) is 2.80. The van der Waals surface area contributed by atoms with E-state index in [0.29, 0.717) is 27.6 Å². The van der Waals surface area contributed by atoms with Crippen molar-refractivity contribution < 1.29 is 21.6 Å². The summed E-state index contributed by atoms with van der Waals surface area (Å²) in [7, 11) is -7.75. The van der Waals surface area contributed by atoms with Gasteiger partial charge in [-0.3, -0.25) is 4.79 Å². The van der Waals surface area contributed by atoms with Gasteiger partial charge in [-0.15, -0.1) is 0 Å². The maximum atomic E-state index is 14.3. The molecule has 7 heteroatoms. The van der Waals surface area contributed by atoms with Crippen molar-refractivity contribution >= 4 is 36.2 Å². The summed E-state index contributed by atoms with van der Waals surface area (Å²) in [5, 5.41) is 1.43. The Morgan fingerprint density at radius 3 is 1.44 bits per heavy atom. The van der Waals surface area contributed by atoms with Crippen molar-refractivity contribution in [1.29, 1.82) is 0 Å². The molecule has 0 spiro atoms. The van der Waals surface area contributed by atoms with Gasteiger partial charge < -0.3 is 0 Å². The molecule has 4 aromatic carbocycles. The molecule has 0 aromatic heterocycles. The molecule has 4 aromatic rings. The zero-order chi connectivity index (χ0) is 23.7. The molecular formula is C27H18O5S2. The summed E-state index contributed by atoms with van der Waals surface area (Å²) in [6.45, 7) is 3.69. The Morgan fingerprint density at radius 1 is 0.588 bits per heavy atom. The van der Waals surface area contributed by atoms with Crippen LogP contribution < -0.4 is 0 Å². The van der Waals surface area contributed by atoms with Crippen LogP contribution in [0, 0.1) is 13.8 Å². The van der Waals surface area contributed by atoms with Crippen molar-refractivity contribution in [3.63, 3.8) is 0 Å². The zero-order valence-corrected chi connectivity index (χ0v) is 19.9. The Morgan fingerprint density at radius 2 is 1.00 bits per heavy atom. The number of ketones is 1. The number of hydrogen-bond donors (Lipinski definition) is 0. The molecule has 0 radical (unpaired) electrons. The number of benzene rings is 4. The summed E-state index contributed by atoms with van der Waals surface area (Å²) in [6.07, 6.45) is 0. The third kappa shape index (κ3) is 2.09. The van der Waals surface area contributed by atoms with Crippen molar-refractivity contribution in [3.8, 4) is 0 Å². The highest BCUT2D eigenvalue weighted by molar-refractivity contribution is 7.92. The molecule has 5 nitrogen and oxygen atoms in total. The lowest BCUT2D eigenvalue weighted by Gasteiger charge is -2.40. The van der Waals surface area contributed by atoms with Crippen LogP contribution in [0.1, 0.15) is 45.2 Å². The van der Waals surface area contributed by atoms with Crippen LogP contribution in [0.25, 0.3) is 10.8 Å². The van der Waals surface area contributed by atoms with E-state index in [4.69, 9.17) is 0 Å². The Hall–Kier alpha value is -3.29. The second-order valence-electron chi connectivity index (χ2n) is 9.31. The van der Waals surface area contributed by atoms with E-state index in [2.05, 4.69) is 0 Å². The lowest BCUT2D eigenvalue weighted by molar-refractivity contribution is -0.120. The van der Waals surface area contributed by atoms with Crippen molar-refractivity contribution in [3.05, 3.63) is 94.0 Å². The molecular weight excluding hydrogens is 468 g/mol. The fourth-order valence-electron chi connectivity index (χ4n) is 6.31. The van der Waals surface area contributed by atoms with Crippen LogP contribution in [0.5, 0.6) is 0 Å². The summed E-state index contributed by atoms with van der Waals surface area (Å²) < 4.78 is 54.8. The fraction of sp³-hybridized carbons (Fsp3) is 0.148. The van der Waals surface area contributed by atoms with Crippen molar-refractivity contribution in [2.24, 2.45) is 0 Å². The van der Waals surface area contributed by atoms with Crippen LogP contribution in [0.15, 0.2) is 80.2 Å². The van der Waals surface area contributed by atoms with Crippen LogP contribution >= 0.6 is 0 Å². The molecule has 2 unspecified atom stereocenters. The van der Waals surface area contributed by atoms with Crippen LogP contribution in [0.4, 0.5) is 0 Å². The predicted octanol–water partition coefficient (Wildman–Crippen LogP) is 4.60. The van der Waals surface area contributed by atoms with Gasteiger partial charge in [-0.05, 0) is 82.3 Å². The largest absolute Gasteiger partial charge is 0.298 e. The predicted molar refractivity (Wildman–Crippen MR) is 126 cm³/mol. The summed E-state index contributed by atoms with van der Waals surface area (Å²) in [4.78, 5) is 14.8. The third-order valence-corrected chi connectivity index (χ3v) is 11.3. The third-order valence-electron chi connectivity index (χ3n) is 7.57. The van der Waals surface area contributed by atoms with Gasteiger partial charge in [-0.25, -0.2) is 16.8 Å². The molecule has 34 heavy (non-hydrogen) atoms. The SMILES string of the molecule is Cc1cc2c3c4c5c(cc(C)c14)S(=O)(=O)c1ccccc1C5C(=O)C3c1ccccc1S2(=O)=O. The molecule has 2 aliphatic heterocycles. The minimum Gasteiger partial charge on any atom is -0.298 e. The van der Waals surface area contributed by atoms with Gasteiger partial charge in [0, 0.05) is 0 Å². The highest BCUT2D eigenvalue weighted by atomic mass is 32.2. The topological polar surface area (TPSA) is 85.3 Å². The van der Waals surface area contributed by atoms with Gasteiger partial charge in [-0.2, -0.15) is 0 Å². The number of aryl methyl sites for hydroxylation is 2. The van der Waals surface area contributed by atoms with E-state index in [0.717, 1.165) is 16.5 Å². The minimum absolute atomic E-state index is 0.108. The highest BCUT2D eigenvalue weighted by Crippen LogP contribution is 2.57. The lowest BCUT2D eigenvalue weighted by Crippen LogP contribution is -2.36. The first-order chi connectivity index (χ1) is 16.2. The second-order valence-corrected chi connectivity index (χ2v) is 13.1. The molecule has 7 rings (SSSR count). The molecule has 168 valence electrons. The summed E-state index contributed by atoms with van der Waals surface area (Å²) in [6, 6.07) is 16.6. The van der Waals surface area contributed by atoms with E-state index in [9.17, 15) is 21.6 Å². The molecule has 0 bridgehead atoms. The Labute approximate surface area is 196 Å². The zero-order valence-electron chi connectivity index (χ0n) is 18.3. The normalized spacial score (nSPS) is 22.2. The standard InChI is InChI=1S/C27H18O5S2/c1-13-11-19-24-22(15-7-3-5-9-17(15)33(19,29)30)27(28)23-16-8-4-6-10-18(16)34(31,32)20-12-14(2)21(13)26(24)25(20)23/h3-12,22-23H,1-2H3. The van der Waals surface area contributed by atoms with Gasteiger partial charge in [0.15, 0.2) is 5.78 Å². The molecule has 0 saturated carbocycles. The number of carbonyl (C=O) groups is 1. The number of rotatable bonds is 0. The molecule has 3 aliphatic rings. The molecule has 0 fully saturated rings. The second kappa shape index (κ2) is 6.03. The number of hydrogen-bond acceptors (Lipinski definition) is 5. The number of carbonyl (C=O) groups excluding carboxylic acids is 1. The molecule has 0 amide bonds. The number of Topliss-reactive ketones (excluding diaryl/α,β-unsaturated/α-hetero) is 1. The van der Waals surface area contributed by atoms with Gasteiger partial charge in [0.25, 0.3) is 0 Å². The first kappa shape index (κ1) is 20.1. The van der Waals surface area contributed by atoms with E-state index >= 15 is 0 Å². The summed E-state index contributed by atoms with van der Waals surface area (Å²) in [5.74, 6) is -1.74. The van der Waals surface area contributed by atoms with E-state index in [1.807, 2.05) is 13.8 Å². The van der Waals surface area contributed by atoms with Crippen molar-refractivity contribution in [2.45, 2.75) is 45.3 Å². The first-order valence-corrected chi connectivity index (χ1v) is 13.9. The minimum atomic E-state index is -3.88. The molecule has 0 N–H and O–H groups in total. The van der Waals surface area contributed by atoms with Crippen LogP contribution in [-0.4, -0.2) is 22.6 Å². The summed E-state index contributed by atoms with van der Waals surface area (Å²) >= 11 is 0. The van der Waals surface area contributed by atoms with E-state index in [-0.39, 0.29) is 25.4 Å².